The largest absolute Gasteiger partial charge is 0.507 e. The fraction of sp³-hybridized carbons (Fsp3) is 0.462. The minimum absolute atomic E-state index is 0.0733. The lowest BCUT2D eigenvalue weighted by Gasteiger charge is -2.23. The fourth-order valence-corrected chi connectivity index (χ4v) is 2.68. The van der Waals surface area contributed by atoms with Gasteiger partial charge in [-0.1, -0.05) is 17.7 Å². The average molecular weight is 267 g/mol. The maximum absolute atomic E-state index is 10.1. The number of aromatic nitrogens is 2. The van der Waals surface area contributed by atoms with Crippen LogP contribution >= 0.6 is 11.6 Å². The third kappa shape index (κ3) is 1.76. The van der Waals surface area contributed by atoms with Crippen LogP contribution in [0.4, 0.5) is 0 Å². The van der Waals surface area contributed by atoms with Gasteiger partial charge in [0.15, 0.2) is 11.4 Å². The molecule has 2 aromatic rings. The number of halogens is 1. The summed E-state index contributed by atoms with van der Waals surface area (Å²) in [6, 6.07) is 3.80. The van der Waals surface area contributed by atoms with E-state index in [-0.39, 0.29) is 12.0 Å². The van der Waals surface area contributed by atoms with E-state index in [9.17, 15) is 5.11 Å². The van der Waals surface area contributed by atoms with Gasteiger partial charge in [-0.25, -0.2) is 4.68 Å². The molecule has 1 aromatic heterocycles. The van der Waals surface area contributed by atoms with Crippen LogP contribution in [-0.4, -0.2) is 21.5 Å². The maximum Gasteiger partial charge on any atom is 0.162 e. The molecule has 0 spiro atoms. The zero-order chi connectivity index (χ0) is 12.7. The third-order valence-corrected chi connectivity index (χ3v) is 3.70. The maximum atomic E-state index is 10.1. The van der Waals surface area contributed by atoms with Crippen molar-refractivity contribution in [3.05, 3.63) is 22.8 Å². The van der Waals surface area contributed by atoms with E-state index in [2.05, 4.69) is 5.10 Å². The number of phenolic OH excluding ortho intramolecular Hbond substituents is 1. The van der Waals surface area contributed by atoms with Crippen molar-refractivity contribution in [2.24, 2.45) is 0 Å². The van der Waals surface area contributed by atoms with Crippen molar-refractivity contribution < 1.29 is 9.84 Å². The Balaban J connectivity index is 2.16. The molecule has 0 saturated carbocycles. The summed E-state index contributed by atoms with van der Waals surface area (Å²) in [4.78, 5) is 0. The molecule has 0 bridgehead atoms. The lowest BCUT2D eigenvalue weighted by Crippen LogP contribution is -2.19. The first-order valence-electron chi connectivity index (χ1n) is 6.16. The predicted octanol–water partition coefficient (Wildman–Crippen LogP) is 3.40. The normalized spacial score (nSPS) is 20.4. The second-order valence-corrected chi connectivity index (χ2v) is 5.04. The minimum atomic E-state index is -0.0733. The highest BCUT2D eigenvalue weighted by Gasteiger charge is 2.22. The van der Waals surface area contributed by atoms with Crippen LogP contribution in [0.3, 0.4) is 0 Å². The topological polar surface area (TPSA) is 47.3 Å². The SMILES string of the molecule is Cc1ccc2c(c(Cl)nn2C2CCCCO2)c1O. The first kappa shape index (κ1) is 11.8. The third-order valence-electron chi connectivity index (χ3n) is 3.43. The predicted molar refractivity (Wildman–Crippen MR) is 70.0 cm³/mol. The monoisotopic (exact) mass is 266 g/mol. The molecule has 1 aliphatic heterocycles. The Labute approximate surface area is 110 Å². The van der Waals surface area contributed by atoms with Crippen LogP contribution in [-0.2, 0) is 4.74 Å². The van der Waals surface area contributed by atoms with E-state index in [1.54, 1.807) is 4.68 Å². The summed E-state index contributed by atoms with van der Waals surface area (Å²) in [6.45, 7) is 2.60. The molecule has 2 heterocycles. The van der Waals surface area contributed by atoms with Gasteiger partial charge in [0.2, 0.25) is 0 Å². The van der Waals surface area contributed by atoms with E-state index in [1.165, 1.54) is 0 Å². The van der Waals surface area contributed by atoms with Gasteiger partial charge >= 0.3 is 0 Å². The Kier molecular flexibility index (Phi) is 2.92. The number of nitrogens with zero attached hydrogens (tertiary/aromatic N) is 2. The first-order chi connectivity index (χ1) is 8.68. The van der Waals surface area contributed by atoms with Crippen molar-refractivity contribution in [3.8, 4) is 5.75 Å². The summed E-state index contributed by atoms with van der Waals surface area (Å²) >= 11 is 6.13. The number of hydrogen-bond donors (Lipinski definition) is 1. The minimum Gasteiger partial charge on any atom is -0.507 e. The molecule has 1 N–H and O–H groups in total. The molecule has 96 valence electrons. The quantitative estimate of drug-likeness (QED) is 0.860. The van der Waals surface area contributed by atoms with E-state index in [1.807, 2.05) is 19.1 Å². The second kappa shape index (κ2) is 4.44. The zero-order valence-electron chi connectivity index (χ0n) is 10.2. The van der Waals surface area contributed by atoms with Gasteiger partial charge in [-0.2, -0.15) is 5.10 Å². The summed E-state index contributed by atoms with van der Waals surface area (Å²) in [7, 11) is 0. The number of phenols is 1. The molecule has 1 aliphatic rings. The summed E-state index contributed by atoms with van der Waals surface area (Å²) < 4.78 is 7.50. The highest BCUT2D eigenvalue weighted by molar-refractivity contribution is 6.34. The van der Waals surface area contributed by atoms with Crippen molar-refractivity contribution >= 4 is 22.5 Å². The van der Waals surface area contributed by atoms with Crippen LogP contribution in [0.2, 0.25) is 5.15 Å². The molecule has 0 aliphatic carbocycles. The number of ether oxygens (including phenoxy) is 1. The molecule has 0 radical (unpaired) electrons. The van der Waals surface area contributed by atoms with Gasteiger partial charge in [-0.05, 0) is 37.8 Å². The van der Waals surface area contributed by atoms with Crippen molar-refractivity contribution in [1.29, 1.82) is 0 Å². The number of aryl methyl sites for hydroxylation is 1. The van der Waals surface area contributed by atoms with Gasteiger partial charge in [-0.15, -0.1) is 0 Å². The van der Waals surface area contributed by atoms with Gasteiger partial charge in [0, 0.05) is 6.61 Å². The number of aromatic hydroxyl groups is 1. The van der Waals surface area contributed by atoms with Crippen molar-refractivity contribution in [2.45, 2.75) is 32.4 Å². The molecule has 1 aromatic carbocycles. The molecule has 0 amide bonds. The Morgan fingerprint density at radius 3 is 3.00 bits per heavy atom. The molecule has 1 unspecified atom stereocenters. The molecular formula is C13H15ClN2O2. The standard InChI is InChI=1S/C13H15ClN2O2/c1-8-5-6-9-11(12(8)17)13(14)15-16(9)10-4-2-3-7-18-10/h5-6,10,17H,2-4,7H2,1H3. The Morgan fingerprint density at radius 2 is 2.28 bits per heavy atom. The molecule has 1 saturated heterocycles. The van der Waals surface area contributed by atoms with Crippen molar-refractivity contribution in [3.63, 3.8) is 0 Å². The van der Waals surface area contributed by atoms with Gasteiger partial charge in [0.05, 0.1) is 10.9 Å². The smallest absolute Gasteiger partial charge is 0.162 e. The second-order valence-electron chi connectivity index (χ2n) is 4.68. The summed E-state index contributed by atoms with van der Waals surface area (Å²) in [5.74, 6) is 0.208. The van der Waals surface area contributed by atoms with E-state index in [0.29, 0.717) is 10.5 Å². The summed E-state index contributed by atoms with van der Waals surface area (Å²) in [5, 5.41) is 15.3. The van der Waals surface area contributed by atoms with Crippen LogP contribution in [0.25, 0.3) is 10.9 Å². The van der Waals surface area contributed by atoms with E-state index in [0.717, 1.165) is 36.9 Å². The molecular weight excluding hydrogens is 252 g/mol. The van der Waals surface area contributed by atoms with Crippen LogP contribution < -0.4 is 0 Å². The summed E-state index contributed by atoms with van der Waals surface area (Å²) in [6.07, 6.45) is 3.08. The van der Waals surface area contributed by atoms with Crippen LogP contribution in [0, 0.1) is 6.92 Å². The molecule has 1 fully saturated rings. The lowest BCUT2D eigenvalue weighted by molar-refractivity contribution is -0.0366. The van der Waals surface area contributed by atoms with Gasteiger partial charge < -0.3 is 9.84 Å². The van der Waals surface area contributed by atoms with E-state index in [4.69, 9.17) is 16.3 Å². The van der Waals surface area contributed by atoms with Gasteiger partial charge in [0.1, 0.15) is 5.75 Å². The van der Waals surface area contributed by atoms with E-state index < -0.39 is 0 Å². The fourth-order valence-electron chi connectivity index (χ4n) is 2.41. The molecule has 4 nitrogen and oxygen atoms in total. The molecule has 3 rings (SSSR count). The Bertz CT molecular complexity index is 588. The van der Waals surface area contributed by atoms with Crippen LogP contribution in [0.15, 0.2) is 12.1 Å². The molecule has 1 atom stereocenters. The zero-order valence-corrected chi connectivity index (χ0v) is 10.9. The average Bonchev–Trinajstić information content (AvgIpc) is 2.73. The molecule has 18 heavy (non-hydrogen) atoms. The van der Waals surface area contributed by atoms with Gasteiger partial charge in [-0.3, -0.25) is 0 Å². The summed E-state index contributed by atoms with van der Waals surface area (Å²) in [5.41, 5.74) is 1.63. The van der Waals surface area contributed by atoms with Crippen LogP contribution in [0.5, 0.6) is 5.75 Å². The Morgan fingerprint density at radius 1 is 1.44 bits per heavy atom. The van der Waals surface area contributed by atoms with E-state index >= 15 is 0 Å². The molecule has 5 heteroatoms. The number of benzene rings is 1. The first-order valence-corrected chi connectivity index (χ1v) is 6.54. The van der Waals surface area contributed by atoms with Crippen LogP contribution in [0.1, 0.15) is 31.1 Å². The lowest BCUT2D eigenvalue weighted by atomic mass is 10.1. The number of hydrogen-bond acceptors (Lipinski definition) is 3. The Hall–Kier alpha value is -1.26. The van der Waals surface area contributed by atoms with Gasteiger partial charge in [0.25, 0.3) is 0 Å². The number of fused-ring (bicyclic) bond motifs is 1. The highest BCUT2D eigenvalue weighted by atomic mass is 35.5. The van der Waals surface area contributed by atoms with Crippen molar-refractivity contribution in [2.75, 3.05) is 6.61 Å². The van der Waals surface area contributed by atoms with Crippen molar-refractivity contribution in [1.82, 2.24) is 9.78 Å². The number of rotatable bonds is 1. The highest BCUT2D eigenvalue weighted by Crippen LogP contribution is 2.36.